The number of carbonyl (C=O) groups excluding carboxylic acids is 3. The summed E-state index contributed by atoms with van der Waals surface area (Å²) in [5, 5.41) is 15.5. The number of amides is 2. The molecule has 0 aliphatic carbocycles. The average Bonchev–Trinajstić information content (AvgIpc) is 2.72. The molecule has 2 rings (SSSR count). The Kier molecular flexibility index (Phi) is 8.19. The van der Waals surface area contributed by atoms with E-state index >= 15 is 0 Å². The molecule has 2 amide bonds. The van der Waals surface area contributed by atoms with Crippen molar-refractivity contribution in [1.82, 2.24) is 10.6 Å². The van der Waals surface area contributed by atoms with Crippen molar-refractivity contribution in [3.63, 3.8) is 0 Å². The van der Waals surface area contributed by atoms with Crippen LogP contribution >= 0.6 is 0 Å². The van der Waals surface area contributed by atoms with Gasteiger partial charge in [0.05, 0.1) is 7.11 Å². The molecule has 0 spiro atoms. The summed E-state index contributed by atoms with van der Waals surface area (Å²) < 4.78 is 5.10. The van der Waals surface area contributed by atoms with Crippen LogP contribution in [0.25, 0.3) is 12.2 Å². The maximum absolute atomic E-state index is 12.4. The zero-order valence-corrected chi connectivity index (χ0v) is 15.9. The van der Waals surface area contributed by atoms with Gasteiger partial charge in [-0.25, -0.2) is 0 Å². The molecule has 0 heterocycles. The van der Waals surface area contributed by atoms with Crippen molar-refractivity contribution >= 4 is 29.9 Å². The lowest BCUT2D eigenvalue weighted by Crippen LogP contribution is -2.36. The Labute approximate surface area is 168 Å². The fraction of sp³-hybridized carbons (Fsp3) is 0.136. The fourth-order valence-electron chi connectivity index (χ4n) is 2.31. The molecule has 0 unspecified atom stereocenters. The first kappa shape index (κ1) is 21.4. The van der Waals surface area contributed by atoms with Crippen LogP contribution < -0.4 is 20.5 Å². The van der Waals surface area contributed by atoms with Gasteiger partial charge in [-0.15, -0.1) is 0 Å². The Bertz CT molecular complexity index is 903. The number of aliphatic carboxylic acids is 1. The van der Waals surface area contributed by atoms with Crippen LogP contribution in [0.3, 0.4) is 0 Å². The van der Waals surface area contributed by atoms with Gasteiger partial charge in [0.15, 0.2) is 0 Å². The molecule has 0 aliphatic heterocycles. The van der Waals surface area contributed by atoms with Gasteiger partial charge in [-0.05, 0) is 35.4 Å². The molecule has 0 bridgehead atoms. The lowest BCUT2D eigenvalue weighted by Gasteiger charge is -2.10. The van der Waals surface area contributed by atoms with Crippen LogP contribution in [0.2, 0.25) is 0 Å². The predicted octanol–water partition coefficient (Wildman–Crippen LogP) is 1.12. The van der Waals surface area contributed by atoms with E-state index in [1.165, 1.54) is 12.2 Å². The van der Waals surface area contributed by atoms with E-state index in [9.17, 15) is 19.5 Å². The Balaban J connectivity index is 2.15. The molecule has 2 aromatic rings. The third kappa shape index (κ3) is 7.72. The van der Waals surface area contributed by atoms with E-state index in [0.717, 1.165) is 5.56 Å². The predicted molar refractivity (Wildman–Crippen MR) is 107 cm³/mol. The van der Waals surface area contributed by atoms with Gasteiger partial charge in [0, 0.05) is 25.0 Å². The lowest BCUT2D eigenvalue weighted by atomic mass is 10.1. The number of carboxylic acids is 1. The summed E-state index contributed by atoms with van der Waals surface area (Å²) in [7, 11) is 1.54. The molecule has 150 valence electrons. The number of ether oxygens (including phenoxy) is 1. The monoisotopic (exact) mass is 393 g/mol. The van der Waals surface area contributed by atoms with Gasteiger partial charge >= 0.3 is 0 Å². The van der Waals surface area contributed by atoms with E-state index in [0.29, 0.717) is 11.3 Å². The van der Waals surface area contributed by atoms with Crippen molar-refractivity contribution in [1.29, 1.82) is 0 Å². The highest BCUT2D eigenvalue weighted by Gasteiger charge is 2.12. The first-order chi connectivity index (χ1) is 14.0. The number of methoxy groups -OCH3 is 1. The van der Waals surface area contributed by atoms with E-state index in [4.69, 9.17) is 4.74 Å². The first-order valence-electron chi connectivity index (χ1n) is 8.86. The second kappa shape index (κ2) is 11.1. The molecule has 7 heteroatoms. The number of rotatable bonds is 9. The molecule has 0 saturated heterocycles. The average molecular weight is 393 g/mol. The number of benzene rings is 2. The molecule has 0 aliphatic rings. The minimum Gasteiger partial charge on any atom is -0.550 e. The summed E-state index contributed by atoms with van der Waals surface area (Å²) >= 11 is 0. The standard InChI is InChI=1S/C22H22N2O5/c1-29-18-10-7-17(8-11-18)15-19(22(28)23-14-13-21(26)27)24-20(25)12-9-16-5-3-2-4-6-16/h2-12,15H,13-14H2,1H3,(H,23,28)(H,24,25)(H,26,27)/p-1/b12-9+,19-15+. The van der Waals surface area contributed by atoms with Gasteiger partial charge in [0.2, 0.25) is 5.91 Å². The topological polar surface area (TPSA) is 108 Å². The van der Waals surface area contributed by atoms with Gasteiger partial charge in [0.25, 0.3) is 5.91 Å². The van der Waals surface area contributed by atoms with Crippen molar-refractivity contribution in [3.05, 3.63) is 77.5 Å². The van der Waals surface area contributed by atoms with Crippen LogP contribution in [0, 0.1) is 0 Å². The number of hydrogen-bond acceptors (Lipinski definition) is 5. The Morgan fingerprint density at radius 2 is 1.69 bits per heavy atom. The second-order valence-electron chi connectivity index (χ2n) is 5.94. The third-order valence-corrected chi connectivity index (χ3v) is 3.77. The number of hydrogen-bond donors (Lipinski definition) is 2. The maximum Gasteiger partial charge on any atom is 0.267 e. The van der Waals surface area contributed by atoms with Crippen LogP contribution in [0.5, 0.6) is 5.75 Å². The van der Waals surface area contributed by atoms with E-state index in [2.05, 4.69) is 10.6 Å². The lowest BCUT2D eigenvalue weighted by molar-refractivity contribution is -0.305. The minimum absolute atomic E-state index is 0.0174. The number of carbonyl (C=O) groups is 3. The summed E-state index contributed by atoms with van der Waals surface area (Å²) in [6, 6.07) is 16.1. The molecule has 0 radical (unpaired) electrons. The molecule has 0 fully saturated rings. The van der Waals surface area contributed by atoms with Crippen molar-refractivity contribution < 1.29 is 24.2 Å². The number of nitrogens with one attached hydrogen (secondary N) is 2. The van der Waals surface area contributed by atoms with Crippen molar-refractivity contribution in [2.24, 2.45) is 0 Å². The van der Waals surface area contributed by atoms with Gasteiger partial charge in [-0.2, -0.15) is 0 Å². The van der Waals surface area contributed by atoms with Gasteiger partial charge in [-0.1, -0.05) is 42.5 Å². The highest BCUT2D eigenvalue weighted by Crippen LogP contribution is 2.13. The highest BCUT2D eigenvalue weighted by molar-refractivity contribution is 6.04. The Morgan fingerprint density at radius 3 is 2.31 bits per heavy atom. The summed E-state index contributed by atoms with van der Waals surface area (Å²) in [4.78, 5) is 35.2. The first-order valence-corrected chi connectivity index (χ1v) is 8.86. The largest absolute Gasteiger partial charge is 0.550 e. The Morgan fingerprint density at radius 1 is 1.00 bits per heavy atom. The highest BCUT2D eigenvalue weighted by atomic mass is 16.5. The zero-order chi connectivity index (χ0) is 21.1. The maximum atomic E-state index is 12.4. The molecule has 0 atom stereocenters. The van der Waals surface area contributed by atoms with Gasteiger partial charge < -0.3 is 25.3 Å². The van der Waals surface area contributed by atoms with Gasteiger partial charge in [0.1, 0.15) is 11.4 Å². The van der Waals surface area contributed by atoms with E-state index < -0.39 is 17.8 Å². The van der Waals surface area contributed by atoms with E-state index in [1.54, 1.807) is 37.5 Å². The fourth-order valence-corrected chi connectivity index (χ4v) is 2.31. The van der Waals surface area contributed by atoms with Crippen LogP contribution in [0.4, 0.5) is 0 Å². The second-order valence-corrected chi connectivity index (χ2v) is 5.94. The molecule has 0 aromatic heterocycles. The summed E-state index contributed by atoms with van der Waals surface area (Å²) in [6.45, 7) is -0.114. The normalized spacial score (nSPS) is 11.1. The summed E-state index contributed by atoms with van der Waals surface area (Å²) in [6.07, 6.45) is 4.09. The smallest absolute Gasteiger partial charge is 0.267 e. The molecular weight excluding hydrogens is 372 g/mol. The van der Waals surface area contributed by atoms with Crippen LogP contribution in [0.15, 0.2) is 66.4 Å². The van der Waals surface area contributed by atoms with Crippen molar-refractivity contribution in [3.8, 4) is 5.75 Å². The summed E-state index contributed by atoms with van der Waals surface area (Å²) in [5.74, 6) is -1.73. The third-order valence-electron chi connectivity index (χ3n) is 3.77. The van der Waals surface area contributed by atoms with E-state index in [1.807, 2.05) is 30.3 Å². The van der Waals surface area contributed by atoms with Crippen LogP contribution in [-0.4, -0.2) is 31.4 Å². The summed E-state index contributed by atoms with van der Waals surface area (Å²) in [5.41, 5.74) is 1.47. The SMILES string of the molecule is COc1ccc(/C=C(/NC(=O)/C=C/c2ccccc2)C(=O)NCCC(=O)[O-])cc1. The quantitative estimate of drug-likeness (QED) is 0.621. The van der Waals surface area contributed by atoms with E-state index in [-0.39, 0.29) is 18.7 Å². The minimum atomic E-state index is -1.28. The van der Waals surface area contributed by atoms with Crippen LogP contribution in [0.1, 0.15) is 17.5 Å². The van der Waals surface area contributed by atoms with Crippen molar-refractivity contribution in [2.45, 2.75) is 6.42 Å². The molecule has 2 aromatic carbocycles. The number of carboxylic acid groups (broad SMARTS) is 1. The molecule has 29 heavy (non-hydrogen) atoms. The molecule has 2 N–H and O–H groups in total. The van der Waals surface area contributed by atoms with Gasteiger partial charge in [-0.3, -0.25) is 9.59 Å². The molecule has 0 saturated carbocycles. The van der Waals surface area contributed by atoms with Crippen molar-refractivity contribution in [2.75, 3.05) is 13.7 Å². The Hall–Kier alpha value is -3.87. The zero-order valence-electron chi connectivity index (χ0n) is 15.9. The van der Waals surface area contributed by atoms with Crippen LogP contribution in [-0.2, 0) is 14.4 Å². The molecular formula is C22H21N2O5-. The molecule has 7 nitrogen and oxygen atoms in total.